The number of piperidine rings is 1. The molecule has 0 saturated carbocycles. The minimum atomic E-state index is -3.08. The summed E-state index contributed by atoms with van der Waals surface area (Å²) in [6.07, 6.45) is 5.11. The van der Waals surface area contributed by atoms with Gasteiger partial charge < -0.3 is 40.5 Å². The molecule has 0 unspecified atom stereocenters. The predicted molar refractivity (Wildman–Crippen MR) is 227 cm³/mol. The van der Waals surface area contributed by atoms with Crippen molar-refractivity contribution in [3.63, 3.8) is 0 Å². The average molecular weight is 891 g/mol. The van der Waals surface area contributed by atoms with E-state index in [1.54, 1.807) is 0 Å². The van der Waals surface area contributed by atoms with Crippen LogP contribution in [0.4, 0.5) is 11.6 Å². The molecule has 0 aliphatic carbocycles. The third-order valence-electron chi connectivity index (χ3n) is 11.4. The first-order valence-electron chi connectivity index (χ1n) is 20.2. The highest BCUT2D eigenvalue weighted by atomic mass is 35.5. The summed E-state index contributed by atoms with van der Waals surface area (Å²) in [6.45, 7) is 3.85. The number of ether oxygens (including phenoxy) is 2. The first kappa shape index (κ1) is 44.8. The molecule has 3 fully saturated rings. The molecule has 3 aromatic rings. The lowest BCUT2D eigenvalue weighted by molar-refractivity contribution is -0.933. The number of carbonyl (C=O) groups excluding carboxylic acids is 3. The maximum Gasteiger partial charge on any atom is 0.274 e. The predicted octanol–water partition coefficient (Wildman–Crippen LogP) is 1.54. The van der Waals surface area contributed by atoms with Crippen molar-refractivity contribution in [1.29, 1.82) is 0 Å². The molecule has 6 rings (SSSR count). The van der Waals surface area contributed by atoms with Gasteiger partial charge in [0.1, 0.15) is 11.5 Å². The minimum Gasteiger partial charge on any atom is -0.484 e. The van der Waals surface area contributed by atoms with E-state index in [1.165, 1.54) is 9.80 Å². The number of anilines is 2. The first-order valence-corrected chi connectivity index (χ1v) is 24.2. The maximum absolute atomic E-state index is 13.3. The second-order valence-electron chi connectivity index (χ2n) is 15.8. The number of sulfone groups is 2. The Morgan fingerprint density at radius 3 is 1.67 bits per heavy atom. The van der Waals surface area contributed by atoms with E-state index in [1.807, 2.05) is 48.5 Å². The van der Waals surface area contributed by atoms with Crippen molar-refractivity contribution < 1.29 is 45.2 Å². The molecule has 0 bridgehead atoms. The molecule has 2 aromatic carbocycles. The van der Waals surface area contributed by atoms with E-state index in [9.17, 15) is 31.2 Å². The highest BCUT2D eigenvalue weighted by molar-refractivity contribution is 7.91. The largest absolute Gasteiger partial charge is 0.484 e. The van der Waals surface area contributed by atoms with Gasteiger partial charge in [-0.2, -0.15) is 0 Å². The first-order chi connectivity index (χ1) is 28.6. The van der Waals surface area contributed by atoms with Gasteiger partial charge in [-0.1, -0.05) is 35.9 Å². The fourth-order valence-electron chi connectivity index (χ4n) is 7.96. The summed E-state index contributed by atoms with van der Waals surface area (Å²) in [4.78, 5) is 49.6. The van der Waals surface area contributed by atoms with Crippen LogP contribution >= 0.6 is 11.6 Å². The van der Waals surface area contributed by atoms with Gasteiger partial charge >= 0.3 is 0 Å². The summed E-state index contributed by atoms with van der Waals surface area (Å²) >= 11 is 6.07. The molecule has 0 spiro atoms. The van der Waals surface area contributed by atoms with E-state index >= 15 is 0 Å². The number of quaternary nitrogens is 1. The lowest BCUT2D eigenvalue weighted by Gasteiger charge is -2.45. The van der Waals surface area contributed by atoms with E-state index in [4.69, 9.17) is 32.5 Å². The summed E-state index contributed by atoms with van der Waals surface area (Å²) in [5, 5.41) is 3.04. The Bertz CT molecular complexity index is 2090. The van der Waals surface area contributed by atoms with Crippen molar-refractivity contribution in [3.8, 4) is 11.5 Å². The van der Waals surface area contributed by atoms with Crippen LogP contribution in [0, 0.1) is 0 Å². The molecule has 3 amide bonds. The Morgan fingerprint density at radius 1 is 0.733 bits per heavy atom. The van der Waals surface area contributed by atoms with Gasteiger partial charge in [-0.05, 0) is 61.1 Å². The Kier molecular flexibility index (Phi) is 14.8. The number of aryl methyl sites for hydroxylation is 2. The number of benzene rings is 2. The van der Waals surface area contributed by atoms with Crippen LogP contribution in [-0.2, 0) is 42.1 Å². The third kappa shape index (κ3) is 12.7. The Labute approximate surface area is 356 Å². The van der Waals surface area contributed by atoms with Crippen LogP contribution < -0.4 is 26.3 Å². The van der Waals surface area contributed by atoms with Crippen molar-refractivity contribution in [3.05, 3.63) is 70.5 Å². The number of carbonyl (C=O) groups is 3. The Morgan fingerprint density at radius 2 is 1.20 bits per heavy atom. The number of nitrogens with one attached hydrogen (secondary N) is 1. The van der Waals surface area contributed by atoms with Crippen LogP contribution in [0.15, 0.2) is 48.5 Å². The second-order valence-corrected chi connectivity index (χ2v) is 20.7. The Hall–Kier alpha value is -4.72. The number of nitrogen functional groups attached to an aromatic ring is 2. The highest BCUT2D eigenvalue weighted by Crippen LogP contribution is 2.25. The molecular weight excluding hydrogens is 836 g/mol. The number of amides is 3. The zero-order chi connectivity index (χ0) is 42.9. The number of halogens is 1. The van der Waals surface area contributed by atoms with Gasteiger partial charge in [-0.3, -0.25) is 14.4 Å². The molecule has 3 aliphatic heterocycles. The van der Waals surface area contributed by atoms with Crippen molar-refractivity contribution in [2.24, 2.45) is 0 Å². The van der Waals surface area contributed by atoms with Crippen LogP contribution in [-0.4, -0.2) is 153 Å². The summed E-state index contributed by atoms with van der Waals surface area (Å²) in [5.41, 5.74) is 13.9. The number of rotatable bonds is 16. The minimum absolute atomic E-state index is 0.0266. The van der Waals surface area contributed by atoms with Crippen LogP contribution in [0.3, 0.4) is 0 Å². The van der Waals surface area contributed by atoms with E-state index in [2.05, 4.69) is 15.3 Å². The lowest BCUT2D eigenvalue weighted by Crippen LogP contribution is -2.60. The number of likely N-dealkylation sites (tertiary alicyclic amines) is 1. The van der Waals surface area contributed by atoms with E-state index in [0.717, 1.165) is 80.3 Å². The van der Waals surface area contributed by atoms with Gasteiger partial charge in [0.2, 0.25) is 0 Å². The van der Waals surface area contributed by atoms with E-state index in [0.29, 0.717) is 11.5 Å². The zero-order valence-corrected chi connectivity index (χ0v) is 36.0. The molecule has 17 nitrogen and oxygen atoms in total. The number of hydrogen-bond acceptors (Lipinski definition) is 13. The van der Waals surface area contributed by atoms with Gasteiger partial charge in [0.25, 0.3) is 17.7 Å². The summed E-state index contributed by atoms with van der Waals surface area (Å²) in [7, 11) is -6.16. The average Bonchev–Trinajstić information content (AvgIpc) is 3.21. The quantitative estimate of drug-likeness (QED) is 0.174. The summed E-state index contributed by atoms with van der Waals surface area (Å²) < 4.78 is 59.1. The smallest absolute Gasteiger partial charge is 0.274 e. The number of hydrogen-bond donors (Lipinski definition) is 3. The molecule has 20 heteroatoms. The van der Waals surface area contributed by atoms with Crippen LogP contribution in [0.2, 0.25) is 5.15 Å². The lowest BCUT2D eigenvalue weighted by atomic mass is 9.99. The molecule has 0 radical (unpaired) electrons. The highest BCUT2D eigenvalue weighted by Gasteiger charge is 2.36. The van der Waals surface area contributed by atoms with Gasteiger partial charge in [-0.15, -0.1) is 0 Å². The summed E-state index contributed by atoms with van der Waals surface area (Å²) in [6, 6.07) is 15.2. The van der Waals surface area contributed by atoms with Gasteiger partial charge in [0.05, 0.1) is 55.2 Å². The van der Waals surface area contributed by atoms with E-state index < -0.39 is 25.6 Å². The normalized spacial score (nSPS) is 19.6. The van der Waals surface area contributed by atoms with Gasteiger partial charge in [0, 0.05) is 39.0 Å². The molecule has 5 N–H and O–H groups in total. The fraction of sp³-hybridized carbons (Fsp3) is 0.525. The molecule has 1 atom stereocenters. The van der Waals surface area contributed by atoms with Crippen molar-refractivity contribution in [2.75, 3.05) is 100 Å². The third-order valence-corrected chi connectivity index (χ3v) is 14.9. The van der Waals surface area contributed by atoms with Crippen LogP contribution in [0.25, 0.3) is 0 Å². The molecule has 326 valence electrons. The van der Waals surface area contributed by atoms with Crippen LogP contribution in [0.5, 0.6) is 11.5 Å². The monoisotopic (exact) mass is 889 g/mol. The summed E-state index contributed by atoms with van der Waals surface area (Å²) in [5.74, 6) is -0.0380. The van der Waals surface area contributed by atoms with Crippen molar-refractivity contribution in [2.45, 2.75) is 44.6 Å². The van der Waals surface area contributed by atoms with Crippen LogP contribution in [0.1, 0.15) is 47.3 Å². The second kappa shape index (κ2) is 19.8. The Balaban J connectivity index is 1.03. The SMILES string of the molecule is Nc1nc(N)c(C(=O)N[C@H]2CCC[N+](CCCc3ccc(OCC(=O)N4CCS(=O)(=O)CC4)cc3)(CCCc3ccc(OCC(=O)N4CCS(=O)(=O)CC4)cc3)C2)nc1Cl. The number of nitrogens with two attached hydrogens (primary N) is 2. The number of aromatic nitrogens is 2. The zero-order valence-electron chi connectivity index (χ0n) is 33.6. The molecular formula is C40H54ClN8O9S2+. The molecule has 4 heterocycles. The van der Waals surface area contributed by atoms with Gasteiger partial charge in [-0.25, -0.2) is 26.8 Å². The molecule has 3 saturated heterocycles. The number of nitrogens with zero attached hydrogens (tertiary/aromatic N) is 5. The molecule has 1 aromatic heterocycles. The standard InChI is InChI=1S/C40H53ClN8O9S2/c41-37-39(43)46-38(42)36(45-37)40(52)44-31-6-3-21-49(26-31,19-1-4-29-7-11-32(12-8-29)57-27-34(50)47-15-22-59(53,54)23-16-47)20-2-5-30-9-13-33(14-10-30)58-28-35(51)48-17-24-60(55,56)25-18-48/h7-14,31H,1-6,15-28H2,(H4-,42,43,44,46,52)/p+1/t31-/m0/s1. The maximum atomic E-state index is 13.3. The molecule has 3 aliphatic rings. The van der Waals surface area contributed by atoms with E-state index in [-0.39, 0.29) is 103 Å². The topological polar surface area (TPSA) is 234 Å². The van der Waals surface area contributed by atoms with Gasteiger partial charge in [0.15, 0.2) is 55.4 Å². The van der Waals surface area contributed by atoms with Crippen molar-refractivity contribution >= 4 is 60.6 Å². The fourth-order valence-corrected chi connectivity index (χ4v) is 10.5. The van der Waals surface area contributed by atoms with Crippen molar-refractivity contribution in [1.82, 2.24) is 25.1 Å². The molecule has 60 heavy (non-hydrogen) atoms.